The maximum atomic E-state index is 6.77. The third-order valence-electron chi connectivity index (χ3n) is 11.6. The highest BCUT2D eigenvalue weighted by atomic mass is 16.5. The Kier molecular flexibility index (Phi) is 9.15. The quantitative estimate of drug-likeness (QED) is 0.168. The number of rotatable bonds is 6. The lowest BCUT2D eigenvalue weighted by atomic mass is 9.80. The second kappa shape index (κ2) is 14.2. The summed E-state index contributed by atoms with van der Waals surface area (Å²) in [5.41, 5.74) is 12.5. The Balaban J connectivity index is 1.13. The highest BCUT2D eigenvalue weighted by molar-refractivity contribution is 6.09. The average molecular weight is 776 g/mol. The number of benzene rings is 5. The monoisotopic (exact) mass is 775 g/mol. The zero-order valence-electron chi connectivity index (χ0n) is 35.7. The standard InChI is InChI=1S/C53H53N5O/c1-51(2,3)35-25-27-55-49(31-35)58-46-21-11-10-18-42(46)43-24-23-41(33-48(43)58)59-40-17-14-16-38(32-40)56-34-57(39-29-36(52(4,5)6)28-37(30-39)53(7,8)9)50-44(19-15-22-47(50)56)45-20-12-13-26-54-45/h10-33H,34H2,1-9H3. The van der Waals surface area contributed by atoms with Crippen molar-refractivity contribution in [1.29, 1.82) is 0 Å². The first kappa shape index (κ1) is 38.1. The minimum atomic E-state index is -0.0191. The maximum absolute atomic E-state index is 6.77. The smallest absolute Gasteiger partial charge is 0.137 e. The molecule has 0 N–H and O–H groups in total. The summed E-state index contributed by atoms with van der Waals surface area (Å²) >= 11 is 0. The molecule has 3 aromatic heterocycles. The minimum absolute atomic E-state index is 0.00550. The van der Waals surface area contributed by atoms with Gasteiger partial charge in [0.25, 0.3) is 0 Å². The summed E-state index contributed by atoms with van der Waals surface area (Å²) in [6.07, 6.45) is 3.80. The van der Waals surface area contributed by atoms with Crippen molar-refractivity contribution < 1.29 is 4.74 Å². The number of fused-ring (bicyclic) bond motifs is 4. The van der Waals surface area contributed by atoms with E-state index in [1.807, 2.05) is 24.5 Å². The van der Waals surface area contributed by atoms with Crippen LogP contribution >= 0.6 is 0 Å². The average Bonchev–Trinajstić information content (AvgIpc) is 3.77. The number of aromatic nitrogens is 3. The first-order valence-corrected chi connectivity index (χ1v) is 20.7. The molecule has 0 amide bonds. The molecule has 59 heavy (non-hydrogen) atoms. The van der Waals surface area contributed by atoms with Crippen LogP contribution in [0.25, 0.3) is 38.9 Å². The van der Waals surface area contributed by atoms with Crippen molar-refractivity contribution in [2.45, 2.75) is 78.6 Å². The van der Waals surface area contributed by atoms with Gasteiger partial charge in [-0.2, -0.15) is 0 Å². The summed E-state index contributed by atoms with van der Waals surface area (Å²) in [6, 6.07) is 47.6. The molecule has 5 aromatic carbocycles. The lowest BCUT2D eigenvalue weighted by Gasteiger charge is -2.30. The molecule has 0 aliphatic carbocycles. The summed E-state index contributed by atoms with van der Waals surface area (Å²) in [6.45, 7) is 21.1. The van der Waals surface area contributed by atoms with Gasteiger partial charge in [0, 0.05) is 52.2 Å². The first-order chi connectivity index (χ1) is 28.1. The molecule has 296 valence electrons. The van der Waals surface area contributed by atoms with E-state index in [1.54, 1.807) is 0 Å². The molecule has 6 nitrogen and oxygen atoms in total. The van der Waals surface area contributed by atoms with E-state index in [2.05, 4.69) is 198 Å². The number of hydrogen-bond acceptors (Lipinski definition) is 5. The van der Waals surface area contributed by atoms with E-state index in [-0.39, 0.29) is 16.2 Å². The van der Waals surface area contributed by atoms with Crippen LogP contribution in [0.15, 0.2) is 146 Å². The van der Waals surface area contributed by atoms with Crippen LogP contribution in [0.4, 0.5) is 22.7 Å². The molecule has 1 aliphatic heterocycles. The number of hydrogen-bond donors (Lipinski definition) is 0. The summed E-state index contributed by atoms with van der Waals surface area (Å²) in [5.74, 6) is 2.43. The number of pyridine rings is 2. The Morgan fingerprint density at radius 1 is 0.492 bits per heavy atom. The molecule has 0 radical (unpaired) electrons. The summed E-state index contributed by atoms with van der Waals surface area (Å²) in [7, 11) is 0. The molecule has 0 fully saturated rings. The van der Waals surface area contributed by atoms with Crippen LogP contribution in [0.3, 0.4) is 0 Å². The lowest BCUT2D eigenvalue weighted by molar-refractivity contribution is 0.483. The zero-order chi connectivity index (χ0) is 41.3. The second-order valence-corrected chi connectivity index (χ2v) is 18.9. The zero-order valence-corrected chi connectivity index (χ0v) is 35.7. The van der Waals surface area contributed by atoms with Crippen LogP contribution < -0.4 is 14.5 Å². The molecule has 1 aliphatic rings. The minimum Gasteiger partial charge on any atom is -0.457 e. The van der Waals surface area contributed by atoms with Crippen molar-refractivity contribution in [3.05, 3.63) is 163 Å². The number of ether oxygens (including phenoxy) is 1. The van der Waals surface area contributed by atoms with Crippen LogP contribution in [-0.2, 0) is 16.2 Å². The normalized spacial score (nSPS) is 13.4. The molecule has 6 heteroatoms. The van der Waals surface area contributed by atoms with E-state index in [9.17, 15) is 0 Å². The van der Waals surface area contributed by atoms with Crippen molar-refractivity contribution in [2.24, 2.45) is 0 Å². The van der Waals surface area contributed by atoms with Gasteiger partial charge in [0.05, 0.1) is 28.1 Å². The van der Waals surface area contributed by atoms with Gasteiger partial charge in [0.15, 0.2) is 0 Å². The number of anilines is 4. The molecule has 0 atom stereocenters. The van der Waals surface area contributed by atoms with Crippen LogP contribution in [0, 0.1) is 0 Å². The van der Waals surface area contributed by atoms with E-state index in [0.717, 1.165) is 62.1 Å². The molecule has 0 bridgehead atoms. The SMILES string of the molecule is CC(C)(C)c1cc(N2CN(c3cccc(Oc4ccc5c6ccccc6n(-c6cc(C(C)(C)C)ccn6)c5c4)c3)c3cccc(-c4ccccn4)c32)cc(C(C)(C)C)c1. The highest BCUT2D eigenvalue weighted by Gasteiger charge is 2.33. The van der Waals surface area contributed by atoms with Gasteiger partial charge in [0.1, 0.15) is 24.0 Å². The van der Waals surface area contributed by atoms with Crippen molar-refractivity contribution in [3.63, 3.8) is 0 Å². The molecule has 8 aromatic rings. The van der Waals surface area contributed by atoms with Gasteiger partial charge in [-0.1, -0.05) is 111 Å². The van der Waals surface area contributed by atoms with Gasteiger partial charge >= 0.3 is 0 Å². The molecule has 4 heterocycles. The van der Waals surface area contributed by atoms with Gasteiger partial charge in [0.2, 0.25) is 0 Å². The first-order valence-electron chi connectivity index (χ1n) is 20.7. The molecule has 0 spiro atoms. The van der Waals surface area contributed by atoms with E-state index in [4.69, 9.17) is 14.7 Å². The van der Waals surface area contributed by atoms with E-state index in [0.29, 0.717) is 6.67 Å². The predicted octanol–water partition coefficient (Wildman–Crippen LogP) is 14.2. The van der Waals surface area contributed by atoms with Crippen molar-refractivity contribution in [2.75, 3.05) is 16.5 Å². The van der Waals surface area contributed by atoms with Crippen LogP contribution in [0.2, 0.25) is 0 Å². The molecule has 0 saturated heterocycles. The highest BCUT2D eigenvalue weighted by Crippen LogP contribution is 2.50. The van der Waals surface area contributed by atoms with E-state index in [1.165, 1.54) is 27.8 Å². The summed E-state index contributed by atoms with van der Waals surface area (Å²) in [4.78, 5) is 14.6. The Bertz CT molecular complexity index is 2820. The fourth-order valence-electron chi connectivity index (χ4n) is 8.23. The Morgan fingerprint density at radius 2 is 1.19 bits per heavy atom. The fraction of sp³-hybridized carbons (Fsp3) is 0.245. The van der Waals surface area contributed by atoms with Gasteiger partial charge in [-0.25, -0.2) is 4.98 Å². The van der Waals surface area contributed by atoms with Crippen LogP contribution in [0.5, 0.6) is 11.5 Å². The van der Waals surface area contributed by atoms with Gasteiger partial charge in [-0.05, 0) is 106 Å². The molecular weight excluding hydrogens is 723 g/mol. The van der Waals surface area contributed by atoms with Crippen LogP contribution in [0.1, 0.15) is 79.0 Å². The largest absolute Gasteiger partial charge is 0.457 e. The number of para-hydroxylation sites is 2. The fourth-order valence-corrected chi connectivity index (χ4v) is 8.23. The summed E-state index contributed by atoms with van der Waals surface area (Å²) in [5, 5.41) is 2.34. The van der Waals surface area contributed by atoms with E-state index < -0.39 is 0 Å². The lowest BCUT2D eigenvalue weighted by Crippen LogP contribution is -2.25. The van der Waals surface area contributed by atoms with Gasteiger partial charge < -0.3 is 14.5 Å². The summed E-state index contributed by atoms with van der Waals surface area (Å²) < 4.78 is 9.03. The third kappa shape index (κ3) is 7.11. The van der Waals surface area contributed by atoms with Crippen molar-refractivity contribution >= 4 is 44.6 Å². The molecule has 0 unspecified atom stereocenters. The van der Waals surface area contributed by atoms with Crippen molar-refractivity contribution in [3.8, 4) is 28.6 Å². The topological polar surface area (TPSA) is 46.4 Å². The van der Waals surface area contributed by atoms with Gasteiger partial charge in [-0.15, -0.1) is 0 Å². The third-order valence-corrected chi connectivity index (χ3v) is 11.6. The van der Waals surface area contributed by atoms with Gasteiger partial charge in [-0.3, -0.25) is 9.55 Å². The van der Waals surface area contributed by atoms with Crippen LogP contribution in [-0.4, -0.2) is 21.2 Å². The Morgan fingerprint density at radius 3 is 1.92 bits per heavy atom. The van der Waals surface area contributed by atoms with Crippen molar-refractivity contribution in [1.82, 2.24) is 14.5 Å². The predicted molar refractivity (Wildman–Crippen MR) is 246 cm³/mol. The molecule has 0 saturated carbocycles. The molecule has 9 rings (SSSR count). The second-order valence-electron chi connectivity index (χ2n) is 18.9. The Labute approximate surface area is 348 Å². The van der Waals surface area contributed by atoms with E-state index >= 15 is 0 Å². The maximum Gasteiger partial charge on any atom is 0.137 e. The number of nitrogens with zero attached hydrogens (tertiary/aromatic N) is 5. The molecular formula is C53H53N5O. The Hall–Kier alpha value is -6.40.